The largest absolute Gasteiger partial charge is 0.467 e. The average Bonchev–Trinajstić information content (AvgIpc) is 3.05. The number of aromatic nitrogens is 1. The van der Waals surface area contributed by atoms with Gasteiger partial charge in [0.2, 0.25) is 0 Å². The number of aliphatic imine (C=N–C) groups is 1. The van der Waals surface area contributed by atoms with Crippen LogP contribution < -0.4 is 10.1 Å². The molecule has 0 bridgehead atoms. The van der Waals surface area contributed by atoms with Crippen molar-refractivity contribution < 1.29 is 13.9 Å². The van der Waals surface area contributed by atoms with Gasteiger partial charge in [-0.15, -0.1) is 35.3 Å². The van der Waals surface area contributed by atoms with Crippen LogP contribution in [0.15, 0.2) is 22.5 Å². The van der Waals surface area contributed by atoms with Crippen LogP contribution in [-0.2, 0) is 24.3 Å². The molecule has 0 aliphatic carbocycles. The minimum absolute atomic E-state index is 0. The first-order valence-corrected chi connectivity index (χ1v) is 9.87. The molecule has 0 spiro atoms. The van der Waals surface area contributed by atoms with E-state index < -0.39 is 0 Å². The van der Waals surface area contributed by atoms with Crippen molar-refractivity contribution in [2.45, 2.75) is 33.4 Å². The Balaban J connectivity index is 0.00000280. The number of benzene rings is 1. The highest BCUT2D eigenvalue weighted by molar-refractivity contribution is 14.0. The van der Waals surface area contributed by atoms with Crippen LogP contribution in [0.1, 0.15) is 28.8 Å². The van der Waals surface area contributed by atoms with E-state index in [0.29, 0.717) is 26.1 Å². The lowest BCUT2D eigenvalue weighted by Crippen LogP contribution is -2.38. The van der Waals surface area contributed by atoms with Crippen LogP contribution in [0.3, 0.4) is 0 Å². The maximum Gasteiger partial charge on any atom is 0.194 e. The average molecular weight is 520 g/mol. The minimum Gasteiger partial charge on any atom is -0.467 e. The normalized spacial score (nSPS) is 13.4. The van der Waals surface area contributed by atoms with Crippen LogP contribution in [0, 0.1) is 12.7 Å². The van der Waals surface area contributed by atoms with Gasteiger partial charge in [0, 0.05) is 31.1 Å². The first kappa shape index (κ1) is 22.8. The molecule has 0 atom stereocenters. The third kappa shape index (κ3) is 6.02. The molecule has 0 fully saturated rings. The van der Waals surface area contributed by atoms with E-state index >= 15 is 0 Å². The summed E-state index contributed by atoms with van der Waals surface area (Å²) in [7, 11) is 1.99. The molecular formula is C19H26FIN4O2S. The quantitative estimate of drug-likeness (QED) is 0.358. The maximum absolute atomic E-state index is 13.9. The number of halogens is 2. The van der Waals surface area contributed by atoms with Crippen LogP contribution >= 0.6 is 35.3 Å². The van der Waals surface area contributed by atoms with E-state index in [0.717, 1.165) is 40.1 Å². The van der Waals surface area contributed by atoms with Gasteiger partial charge in [0.15, 0.2) is 12.8 Å². The van der Waals surface area contributed by atoms with E-state index in [1.165, 1.54) is 12.1 Å². The molecule has 0 amide bonds. The van der Waals surface area contributed by atoms with E-state index in [4.69, 9.17) is 9.47 Å². The van der Waals surface area contributed by atoms with Gasteiger partial charge in [0.25, 0.3) is 0 Å². The maximum atomic E-state index is 13.9. The van der Waals surface area contributed by atoms with Crippen molar-refractivity contribution in [3.05, 3.63) is 45.2 Å². The Kier molecular flexibility index (Phi) is 8.90. The first-order valence-electron chi connectivity index (χ1n) is 8.99. The predicted molar refractivity (Wildman–Crippen MR) is 120 cm³/mol. The van der Waals surface area contributed by atoms with Gasteiger partial charge in [0.05, 0.1) is 23.9 Å². The SMILES string of the molecule is CCNC(=NCCc1cc(F)cc2c1OCOC2)N(C)Cc1csc(C)n1.I. The number of hydrogen-bond donors (Lipinski definition) is 1. The Hall–Kier alpha value is -1.46. The molecule has 28 heavy (non-hydrogen) atoms. The highest BCUT2D eigenvalue weighted by atomic mass is 127. The fraction of sp³-hybridized carbons (Fsp3) is 0.474. The Morgan fingerprint density at radius 2 is 2.25 bits per heavy atom. The summed E-state index contributed by atoms with van der Waals surface area (Å²) < 4.78 is 24.7. The Bertz CT molecular complexity index is 815. The highest BCUT2D eigenvalue weighted by Gasteiger charge is 2.17. The monoisotopic (exact) mass is 520 g/mol. The fourth-order valence-electron chi connectivity index (χ4n) is 2.99. The van der Waals surface area contributed by atoms with Crippen molar-refractivity contribution in [2.24, 2.45) is 4.99 Å². The van der Waals surface area contributed by atoms with Gasteiger partial charge in [-0.1, -0.05) is 0 Å². The zero-order valence-electron chi connectivity index (χ0n) is 16.3. The molecule has 3 rings (SSSR count). The summed E-state index contributed by atoms with van der Waals surface area (Å²) in [4.78, 5) is 11.2. The van der Waals surface area contributed by atoms with Crippen molar-refractivity contribution in [2.75, 3.05) is 26.9 Å². The van der Waals surface area contributed by atoms with E-state index in [1.807, 2.05) is 25.8 Å². The molecule has 0 unspecified atom stereocenters. The molecule has 154 valence electrons. The fourth-order valence-corrected chi connectivity index (χ4v) is 3.60. The van der Waals surface area contributed by atoms with Crippen molar-refractivity contribution in [1.29, 1.82) is 0 Å². The minimum atomic E-state index is -0.273. The van der Waals surface area contributed by atoms with E-state index in [-0.39, 0.29) is 36.6 Å². The lowest BCUT2D eigenvalue weighted by atomic mass is 10.1. The summed E-state index contributed by atoms with van der Waals surface area (Å²) in [5, 5.41) is 6.41. The van der Waals surface area contributed by atoms with E-state index in [1.54, 1.807) is 11.3 Å². The third-order valence-electron chi connectivity index (χ3n) is 4.16. The number of nitrogens with one attached hydrogen (secondary N) is 1. The van der Waals surface area contributed by atoms with Gasteiger partial charge in [-0.2, -0.15) is 0 Å². The molecular weight excluding hydrogens is 494 g/mol. The van der Waals surface area contributed by atoms with Crippen molar-refractivity contribution in [3.8, 4) is 5.75 Å². The lowest BCUT2D eigenvalue weighted by molar-refractivity contribution is -0.0172. The second-order valence-corrected chi connectivity index (χ2v) is 7.43. The number of aryl methyl sites for hydroxylation is 1. The molecule has 1 aliphatic heterocycles. The molecule has 1 N–H and O–H groups in total. The number of nitrogens with zero attached hydrogens (tertiary/aromatic N) is 3. The lowest BCUT2D eigenvalue weighted by Gasteiger charge is -2.22. The van der Waals surface area contributed by atoms with Crippen LogP contribution in [0.25, 0.3) is 0 Å². The molecule has 1 aliphatic rings. The summed E-state index contributed by atoms with van der Waals surface area (Å²) in [6.45, 7) is 6.60. The van der Waals surface area contributed by atoms with Crippen molar-refractivity contribution in [1.82, 2.24) is 15.2 Å². The highest BCUT2D eigenvalue weighted by Crippen LogP contribution is 2.29. The second-order valence-electron chi connectivity index (χ2n) is 6.36. The van der Waals surface area contributed by atoms with E-state index in [9.17, 15) is 4.39 Å². The number of rotatable bonds is 6. The molecule has 2 aromatic rings. The summed E-state index contributed by atoms with van der Waals surface area (Å²) in [6, 6.07) is 2.99. The molecule has 0 saturated carbocycles. The Labute approximate surface area is 186 Å². The number of guanidine groups is 1. The molecule has 2 heterocycles. The van der Waals surface area contributed by atoms with Gasteiger partial charge >= 0.3 is 0 Å². The summed E-state index contributed by atoms with van der Waals surface area (Å²) in [5.41, 5.74) is 2.60. The number of ether oxygens (including phenoxy) is 2. The van der Waals surface area contributed by atoms with Crippen LogP contribution in [0.4, 0.5) is 4.39 Å². The molecule has 6 nitrogen and oxygen atoms in total. The topological polar surface area (TPSA) is 59.0 Å². The smallest absolute Gasteiger partial charge is 0.194 e. The van der Waals surface area contributed by atoms with Crippen LogP contribution in [0.2, 0.25) is 0 Å². The Morgan fingerprint density at radius 1 is 1.43 bits per heavy atom. The number of thiazole rings is 1. The van der Waals surface area contributed by atoms with Gasteiger partial charge in [-0.3, -0.25) is 4.99 Å². The molecule has 0 saturated heterocycles. The summed E-state index contributed by atoms with van der Waals surface area (Å²) >= 11 is 1.64. The predicted octanol–water partition coefficient (Wildman–Crippen LogP) is 3.72. The second kappa shape index (κ2) is 10.9. The summed E-state index contributed by atoms with van der Waals surface area (Å²) in [6.07, 6.45) is 0.596. The number of fused-ring (bicyclic) bond motifs is 1. The van der Waals surface area contributed by atoms with Gasteiger partial charge < -0.3 is 19.7 Å². The number of hydrogen-bond acceptors (Lipinski definition) is 5. The van der Waals surface area contributed by atoms with Gasteiger partial charge in [0.1, 0.15) is 11.6 Å². The van der Waals surface area contributed by atoms with Crippen molar-refractivity contribution >= 4 is 41.3 Å². The summed E-state index contributed by atoms with van der Waals surface area (Å²) in [5.74, 6) is 1.26. The van der Waals surface area contributed by atoms with Crippen LogP contribution in [-0.4, -0.2) is 42.8 Å². The van der Waals surface area contributed by atoms with Gasteiger partial charge in [-0.05, 0) is 38.0 Å². The molecule has 1 aromatic carbocycles. The Morgan fingerprint density at radius 3 is 2.96 bits per heavy atom. The first-order chi connectivity index (χ1) is 13.1. The standard InChI is InChI=1S/C19H25FN4O2S.HI/c1-4-21-19(24(3)9-17-11-27-13(2)23-17)22-6-5-14-7-16(20)8-15-10-25-12-26-18(14)15;/h7-8,11H,4-6,9-10,12H2,1-3H3,(H,21,22);1H. The zero-order chi connectivity index (χ0) is 19.2. The van der Waals surface area contributed by atoms with Crippen molar-refractivity contribution in [3.63, 3.8) is 0 Å². The molecule has 0 radical (unpaired) electrons. The molecule has 9 heteroatoms. The third-order valence-corrected chi connectivity index (χ3v) is 4.98. The molecule has 1 aromatic heterocycles. The van der Waals surface area contributed by atoms with Crippen LogP contribution in [0.5, 0.6) is 5.75 Å². The van der Waals surface area contributed by atoms with E-state index in [2.05, 4.69) is 20.7 Å². The zero-order valence-corrected chi connectivity index (χ0v) is 19.5. The van der Waals surface area contributed by atoms with Gasteiger partial charge in [-0.25, -0.2) is 9.37 Å².